The molecular weight excluding hydrogens is 464 g/mol. The van der Waals surface area contributed by atoms with Crippen LogP contribution in [-0.4, -0.2) is 82.1 Å². The topological polar surface area (TPSA) is 134 Å². The first kappa shape index (κ1) is 27.3. The zero-order chi connectivity index (χ0) is 25.9. The molecule has 2 fully saturated rings. The number of carboxylic acid groups (broad SMARTS) is 2. The van der Waals surface area contributed by atoms with Crippen LogP contribution in [-0.2, 0) is 20.9 Å². The van der Waals surface area contributed by atoms with E-state index in [1.54, 1.807) is 0 Å². The van der Waals surface area contributed by atoms with Crippen LogP contribution in [0.1, 0.15) is 43.0 Å². The van der Waals surface area contributed by atoms with E-state index < -0.39 is 11.9 Å². The fourth-order valence-corrected chi connectivity index (χ4v) is 4.58. The highest BCUT2D eigenvalue weighted by Gasteiger charge is 2.23. The predicted molar refractivity (Wildman–Crippen MR) is 135 cm³/mol. The number of hydrogen-bond donors (Lipinski definition) is 3. The molecule has 36 heavy (non-hydrogen) atoms. The molecule has 196 valence electrons. The van der Waals surface area contributed by atoms with Gasteiger partial charge in [0, 0.05) is 56.6 Å². The lowest BCUT2D eigenvalue weighted by atomic mass is 9.94. The van der Waals surface area contributed by atoms with E-state index in [1.807, 2.05) is 29.1 Å². The number of carbonyl (C=O) groups excluding carboxylic acids is 1. The minimum atomic E-state index is -1.26. The highest BCUT2D eigenvalue weighted by atomic mass is 16.5. The van der Waals surface area contributed by atoms with E-state index in [-0.39, 0.29) is 5.91 Å². The van der Waals surface area contributed by atoms with Gasteiger partial charge in [-0.25, -0.2) is 9.59 Å². The van der Waals surface area contributed by atoms with Crippen molar-refractivity contribution in [2.45, 2.75) is 39.2 Å². The molecule has 0 spiro atoms. The molecule has 4 rings (SSSR count). The number of aliphatic carboxylic acids is 2. The summed E-state index contributed by atoms with van der Waals surface area (Å²) in [6, 6.07) is 5.83. The van der Waals surface area contributed by atoms with E-state index >= 15 is 0 Å². The maximum absolute atomic E-state index is 12.7. The number of rotatable bonds is 8. The number of likely N-dealkylation sites (tertiary alicyclic amines) is 1. The number of ether oxygens (including phenoxy) is 1. The van der Waals surface area contributed by atoms with Gasteiger partial charge in [-0.2, -0.15) is 5.10 Å². The normalized spacial score (nSPS) is 17.6. The molecule has 2 saturated heterocycles. The Balaban J connectivity index is 0.000000392. The van der Waals surface area contributed by atoms with Crippen LogP contribution in [0.2, 0.25) is 0 Å². The van der Waals surface area contributed by atoms with Gasteiger partial charge in [0.15, 0.2) is 0 Å². The molecule has 0 radical (unpaired) electrons. The predicted octanol–water partition coefficient (Wildman–Crippen LogP) is 2.64. The van der Waals surface area contributed by atoms with Crippen LogP contribution in [0, 0.1) is 11.8 Å². The van der Waals surface area contributed by atoms with Gasteiger partial charge < -0.3 is 25.2 Å². The summed E-state index contributed by atoms with van der Waals surface area (Å²) in [5.74, 6) is -1.15. The summed E-state index contributed by atoms with van der Waals surface area (Å²) in [6.45, 7) is 8.98. The van der Waals surface area contributed by atoms with Crippen molar-refractivity contribution in [2.75, 3.05) is 39.4 Å². The van der Waals surface area contributed by atoms with Gasteiger partial charge >= 0.3 is 11.9 Å². The van der Waals surface area contributed by atoms with Crippen molar-refractivity contribution in [3.05, 3.63) is 42.1 Å². The Morgan fingerprint density at radius 3 is 2.33 bits per heavy atom. The SMILES string of the molecule is CCn1cc2cccc(C(=O)NCC3CCN(CC4CCOCC4)CC3)c2n1.O=C(O)/C=C/C(=O)O. The first-order chi connectivity index (χ1) is 17.4. The summed E-state index contributed by atoms with van der Waals surface area (Å²) in [5.41, 5.74) is 1.48. The number of aryl methyl sites for hydroxylation is 1. The summed E-state index contributed by atoms with van der Waals surface area (Å²) in [4.78, 5) is 34.5. The third-order valence-electron chi connectivity index (χ3n) is 6.64. The second kappa shape index (κ2) is 13.7. The fraction of sp³-hybridized carbons (Fsp3) is 0.538. The Kier molecular flexibility index (Phi) is 10.4. The Labute approximate surface area is 210 Å². The number of hydrogen-bond acceptors (Lipinski definition) is 6. The van der Waals surface area contributed by atoms with E-state index in [0.29, 0.717) is 23.6 Å². The third kappa shape index (κ3) is 8.46. The maximum atomic E-state index is 12.7. The summed E-state index contributed by atoms with van der Waals surface area (Å²) >= 11 is 0. The lowest BCUT2D eigenvalue weighted by Crippen LogP contribution is -2.41. The molecule has 10 heteroatoms. The monoisotopic (exact) mass is 500 g/mol. The molecule has 0 bridgehead atoms. The number of carboxylic acids is 2. The van der Waals surface area contributed by atoms with E-state index in [1.165, 1.54) is 19.4 Å². The van der Waals surface area contributed by atoms with Crippen molar-refractivity contribution in [1.29, 1.82) is 0 Å². The van der Waals surface area contributed by atoms with Crippen molar-refractivity contribution >= 4 is 28.7 Å². The Morgan fingerprint density at radius 1 is 1.06 bits per heavy atom. The van der Waals surface area contributed by atoms with Gasteiger partial charge in [0.25, 0.3) is 5.91 Å². The van der Waals surface area contributed by atoms with Crippen molar-refractivity contribution < 1.29 is 29.3 Å². The molecule has 3 heterocycles. The Bertz CT molecular complexity index is 1040. The number of carbonyl (C=O) groups is 3. The number of fused-ring (bicyclic) bond motifs is 1. The highest BCUT2D eigenvalue weighted by molar-refractivity contribution is 6.05. The summed E-state index contributed by atoms with van der Waals surface area (Å²) in [5, 5.41) is 24.4. The summed E-state index contributed by atoms with van der Waals surface area (Å²) in [7, 11) is 0. The molecule has 1 aromatic heterocycles. The summed E-state index contributed by atoms with van der Waals surface area (Å²) < 4.78 is 7.35. The number of amides is 1. The summed E-state index contributed by atoms with van der Waals surface area (Å²) in [6.07, 6.45) is 7.85. The van der Waals surface area contributed by atoms with Gasteiger partial charge in [-0.05, 0) is 63.6 Å². The average Bonchev–Trinajstić information content (AvgIpc) is 3.31. The molecule has 10 nitrogen and oxygen atoms in total. The van der Waals surface area contributed by atoms with Gasteiger partial charge in [0.1, 0.15) is 5.52 Å². The van der Waals surface area contributed by atoms with E-state index in [9.17, 15) is 14.4 Å². The van der Waals surface area contributed by atoms with Crippen LogP contribution < -0.4 is 5.32 Å². The molecular formula is C26H36N4O6. The molecule has 1 amide bonds. The van der Waals surface area contributed by atoms with Crippen LogP contribution in [0.4, 0.5) is 0 Å². The molecule has 2 aliphatic heterocycles. The van der Waals surface area contributed by atoms with Crippen molar-refractivity contribution in [3.8, 4) is 0 Å². The van der Waals surface area contributed by atoms with Crippen LogP contribution in [0.25, 0.3) is 10.9 Å². The first-order valence-electron chi connectivity index (χ1n) is 12.5. The zero-order valence-electron chi connectivity index (χ0n) is 20.8. The number of nitrogens with one attached hydrogen (secondary N) is 1. The van der Waals surface area contributed by atoms with Crippen molar-refractivity contribution in [1.82, 2.24) is 20.0 Å². The fourth-order valence-electron chi connectivity index (χ4n) is 4.58. The smallest absolute Gasteiger partial charge is 0.328 e. The Hall–Kier alpha value is -3.24. The quantitative estimate of drug-likeness (QED) is 0.471. The second-order valence-corrected chi connectivity index (χ2v) is 9.25. The molecule has 0 atom stereocenters. The van der Waals surface area contributed by atoms with E-state index in [2.05, 4.69) is 22.2 Å². The minimum absolute atomic E-state index is 0.00316. The molecule has 2 aliphatic rings. The van der Waals surface area contributed by atoms with Gasteiger partial charge in [-0.1, -0.05) is 12.1 Å². The first-order valence-corrected chi connectivity index (χ1v) is 12.5. The molecule has 2 aromatic rings. The number of piperidine rings is 1. The van der Waals surface area contributed by atoms with Crippen LogP contribution in [0.3, 0.4) is 0 Å². The third-order valence-corrected chi connectivity index (χ3v) is 6.64. The van der Waals surface area contributed by atoms with Gasteiger partial charge in [-0.3, -0.25) is 9.48 Å². The zero-order valence-corrected chi connectivity index (χ0v) is 20.8. The standard InChI is InChI=1S/C22H32N4O2.C4H4O4/c1-2-26-16-19-4-3-5-20(21(19)24-26)22(27)23-14-17-6-10-25(11-7-17)15-18-8-12-28-13-9-18;5-3(6)1-2-4(7)8/h3-5,16-18H,2,6-15H2,1H3,(H,23,27);1-2H,(H,5,6)(H,7,8)/b;2-1+. The second-order valence-electron chi connectivity index (χ2n) is 9.25. The van der Waals surface area contributed by atoms with E-state index in [4.69, 9.17) is 14.9 Å². The van der Waals surface area contributed by atoms with E-state index in [0.717, 1.165) is 69.1 Å². The minimum Gasteiger partial charge on any atom is -0.478 e. The van der Waals surface area contributed by atoms with Crippen LogP contribution in [0.15, 0.2) is 36.5 Å². The van der Waals surface area contributed by atoms with Gasteiger partial charge in [-0.15, -0.1) is 0 Å². The average molecular weight is 501 g/mol. The lowest BCUT2D eigenvalue weighted by Gasteiger charge is -2.35. The number of aromatic nitrogens is 2. The maximum Gasteiger partial charge on any atom is 0.328 e. The molecule has 0 unspecified atom stereocenters. The largest absolute Gasteiger partial charge is 0.478 e. The van der Waals surface area contributed by atoms with Crippen molar-refractivity contribution in [2.24, 2.45) is 11.8 Å². The van der Waals surface area contributed by atoms with Gasteiger partial charge in [0.05, 0.1) is 5.56 Å². The van der Waals surface area contributed by atoms with Gasteiger partial charge in [0.2, 0.25) is 0 Å². The lowest BCUT2D eigenvalue weighted by molar-refractivity contribution is -0.134. The molecule has 1 aromatic carbocycles. The molecule has 0 aliphatic carbocycles. The van der Waals surface area contributed by atoms with Crippen LogP contribution in [0.5, 0.6) is 0 Å². The van der Waals surface area contributed by atoms with Crippen molar-refractivity contribution in [3.63, 3.8) is 0 Å². The highest BCUT2D eigenvalue weighted by Crippen LogP contribution is 2.22. The van der Waals surface area contributed by atoms with Crippen LogP contribution >= 0.6 is 0 Å². The molecule has 3 N–H and O–H groups in total. The Morgan fingerprint density at radius 2 is 1.72 bits per heavy atom. The number of nitrogens with zero attached hydrogens (tertiary/aromatic N) is 3. The number of benzene rings is 1. The molecule has 0 saturated carbocycles.